The summed E-state index contributed by atoms with van der Waals surface area (Å²) in [7, 11) is 10.7. The van der Waals surface area contributed by atoms with Crippen molar-refractivity contribution in [1.29, 1.82) is 0 Å². The summed E-state index contributed by atoms with van der Waals surface area (Å²) in [5, 5.41) is 0. The molecule has 1 aliphatic heterocycles. The second-order valence-electron chi connectivity index (χ2n) is 8.14. The van der Waals surface area contributed by atoms with Gasteiger partial charge >= 0.3 is 0 Å². The highest BCUT2D eigenvalue weighted by Gasteiger charge is 2.44. The summed E-state index contributed by atoms with van der Waals surface area (Å²) in [6.07, 6.45) is -0.784. The van der Waals surface area contributed by atoms with Crippen LogP contribution in [0.3, 0.4) is 0 Å². The van der Waals surface area contributed by atoms with Crippen molar-refractivity contribution in [1.82, 2.24) is 0 Å². The molecule has 0 spiro atoms. The van der Waals surface area contributed by atoms with Gasteiger partial charge < -0.3 is 37.9 Å². The molecule has 9 nitrogen and oxygen atoms in total. The molecule has 9 heteroatoms. The number of carbonyl (C=O) groups excluding carboxylic acids is 1. The molecule has 0 aliphatic carbocycles. The van der Waals surface area contributed by atoms with Gasteiger partial charge in [0.1, 0.15) is 46.2 Å². The van der Waals surface area contributed by atoms with Crippen LogP contribution in [0.1, 0.15) is 33.5 Å². The summed E-state index contributed by atoms with van der Waals surface area (Å²) in [4.78, 5) is 14.3. The van der Waals surface area contributed by atoms with E-state index in [1.807, 2.05) is 6.07 Å². The lowest BCUT2D eigenvalue weighted by atomic mass is 9.79. The van der Waals surface area contributed by atoms with Gasteiger partial charge in [0.15, 0.2) is 17.3 Å². The van der Waals surface area contributed by atoms with E-state index < -0.39 is 12.0 Å². The van der Waals surface area contributed by atoms with Gasteiger partial charge in [0.2, 0.25) is 0 Å². The number of hydrogen-bond acceptors (Lipinski definition) is 9. The zero-order valence-corrected chi connectivity index (χ0v) is 21.9. The molecule has 0 bridgehead atoms. The number of hydrogen-bond donors (Lipinski definition) is 0. The Kier molecular flexibility index (Phi) is 7.52. The Morgan fingerprint density at radius 1 is 0.595 bits per heavy atom. The van der Waals surface area contributed by atoms with Gasteiger partial charge in [-0.25, -0.2) is 0 Å². The predicted octanol–water partition coefficient (Wildman–Crippen LogP) is 4.85. The van der Waals surface area contributed by atoms with Crippen LogP contribution in [0.5, 0.6) is 46.0 Å². The standard InChI is InChI=1S/C28H30O9/c1-30-16-11-20(34-5)24(21(12-16)35-6)26-27(29)25-22(36-7)13-17(31-2)14-23(25)37-28(26)15-8-9-18(32-3)19(10-15)33-4/h8-14,26,28H,1-7H3/t26-,28-/m1/s1. The molecule has 4 rings (SSSR count). The van der Waals surface area contributed by atoms with Crippen LogP contribution in [0.4, 0.5) is 0 Å². The number of methoxy groups -OCH3 is 7. The van der Waals surface area contributed by atoms with E-state index in [1.54, 1.807) is 57.7 Å². The monoisotopic (exact) mass is 510 g/mol. The van der Waals surface area contributed by atoms with E-state index in [4.69, 9.17) is 37.9 Å². The van der Waals surface area contributed by atoms with Crippen LogP contribution in [0.15, 0.2) is 42.5 Å². The largest absolute Gasteiger partial charge is 0.496 e. The topological polar surface area (TPSA) is 90.9 Å². The van der Waals surface area contributed by atoms with Crippen molar-refractivity contribution in [2.45, 2.75) is 12.0 Å². The first-order valence-corrected chi connectivity index (χ1v) is 11.4. The highest BCUT2D eigenvalue weighted by atomic mass is 16.5. The average molecular weight is 511 g/mol. The van der Waals surface area contributed by atoms with Crippen LogP contribution >= 0.6 is 0 Å². The third-order valence-electron chi connectivity index (χ3n) is 6.38. The van der Waals surface area contributed by atoms with Crippen molar-refractivity contribution >= 4 is 5.78 Å². The first kappa shape index (κ1) is 25.8. The Bertz CT molecular complexity index is 1280. The molecule has 0 amide bonds. The highest BCUT2D eigenvalue weighted by molar-refractivity contribution is 6.07. The zero-order chi connectivity index (χ0) is 26.7. The summed E-state index contributed by atoms with van der Waals surface area (Å²) in [6, 6.07) is 12.1. The van der Waals surface area contributed by atoms with Crippen molar-refractivity contribution in [2.75, 3.05) is 49.8 Å². The molecule has 0 aromatic heterocycles. The maximum absolute atomic E-state index is 14.3. The van der Waals surface area contributed by atoms with Crippen molar-refractivity contribution in [3.8, 4) is 46.0 Å². The van der Waals surface area contributed by atoms with Crippen LogP contribution in [-0.4, -0.2) is 55.6 Å². The fourth-order valence-corrected chi connectivity index (χ4v) is 4.59. The zero-order valence-electron chi connectivity index (χ0n) is 21.9. The van der Waals surface area contributed by atoms with E-state index in [0.29, 0.717) is 62.7 Å². The SMILES string of the molecule is COc1cc(OC)c2c(c1)O[C@H](c1ccc(OC)c(OC)c1)[C@H](c1c(OC)cc(OC)cc1OC)C2=O. The van der Waals surface area contributed by atoms with Crippen LogP contribution < -0.4 is 37.9 Å². The smallest absolute Gasteiger partial charge is 0.182 e. The van der Waals surface area contributed by atoms with Crippen molar-refractivity contribution in [3.63, 3.8) is 0 Å². The Balaban J connectivity index is 2.01. The minimum atomic E-state index is -0.872. The Morgan fingerprint density at radius 2 is 1.14 bits per heavy atom. The lowest BCUT2D eigenvalue weighted by molar-refractivity contribution is 0.0767. The molecule has 3 aromatic rings. The van der Waals surface area contributed by atoms with E-state index in [0.717, 1.165) is 0 Å². The van der Waals surface area contributed by atoms with Gasteiger partial charge in [-0.2, -0.15) is 0 Å². The van der Waals surface area contributed by atoms with Gasteiger partial charge in [0, 0.05) is 24.3 Å². The van der Waals surface area contributed by atoms with Gasteiger partial charge in [0.05, 0.1) is 61.2 Å². The van der Waals surface area contributed by atoms with Crippen LogP contribution in [0.25, 0.3) is 0 Å². The van der Waals surface area contributed by atoms with Gasteiger partial charge in [-0.3, -0.25) is 4.79 Å². The first-order valence-electron chi connectivity index (χ1n) is 11.4. The summed E-state index contributed by atoms with van der Waals surface area (Å²) in [5.74, 6) is 2.46. The van der Waals surface area contributed by atoms with Gasteiger partial charge in [-0.05, 0) is 17.7 Å². The maximum Gasteiger partial charge on any atom is 0.182 e. The summed E-state index contributed by atoms with van der Waals surface area (Å²) < 4.78 is 45.3. The molecule has 0 fully saturated rings. The molecule has 37 heavy (non-hydrogen) atoms. The fraction of sp³-hybridized carbons (Fsp3) is 0.321. The molecule has 0 N–H and O–H groups in total. The molecule has 196 valence electrons. The van der Waals surface area contributed by atoms with E-state index >= 15 is 0 Å². The molecule has 2 atom stereocenters. The number of fused-ring (bicyclic) bond motifs is 1. The summed E-state index contributed by atoms with van der Waals surface area (Å²) in [5.41, 5.74) is 1.49. The van der Waals surface area contributed by atoms with E-state index in [2.05, 4.69) is 0 Å². The van der Waals surface area contributed by atoms with E-state index in [1.165, 1.54) is 28.4 Å². The number of ketones is 1. The number of ether oxygens (including phenoxy) is 8. The molecule has 3 aromatic carbocycles. The number of Topliss-reactive ketones (excluding diaryl/α,β-unsaturated/α-hetero) is 1. The minimum Gasteiger partial charge on any atom is -0.496 e. The van der Waals surface area contributed by atoms with Crippen LogP contribution in [0.2, 0.25) is 0 Å². The summed E-state index contributed by atoms with van der Waals surface area (Å²) in [6.45, 7) is 0. The third-order valence-corrected chi connectivity index (χ3v) is 6.38. The number of benzene rings is 3. The minimum absolute atomic E-state index is 0.234. The molecular weight excluding hydrogens is 480 g/mol. The average Bonchev–Trinajstić information content (AvgIpc) is 2.95. The van der Waals surface area contributed by atoms with Crippen LogP contribution in [0, 0.1) is 0 Å². The van der Waals surface area contributed by atoms with Crippen molar-refractivity contribution in [2.24, 2.45) is 0 Å². The van der Waals surface area contributed by atoms with Crippen molar-refractivity contribution < 1.29 is 42.7 Å². The quantitative estimate of drug-likeness (QED) is 0.401. The first-order chi connectivity index (χ1) is 17.9. The molecule has 1 aliphatic rings. The molecule has 0 saturated carbocycles. The van der Waals surface area contributed by atoms with Gasteiger partial charge in [-0.15, -0.1) is 0 Å². The van der Waals surface area contributed by atoms with E-state index in [9.17, 15) is 4.79 Å². The summed E-state index contributed by atoms with van der Waals surface area (Å²) >= 11 is 0. The Morgan fingerprint density at radius 3 is 1.68 bits per heavy atom. The number of carbonyl (C=O) groups is 1. The van der Waals surface area contributed by atoms with Gasteiger partial charge in [-0.1, -0.05) is 6.07 Å². The highest BCUT2D eigenvalue weighted by Crippen LogP contribution is 2.53. The molecule has 0 radical (unpaired) electrons. The maximum atomic E-state index is 14.3. The molecule has 0 unspecified atom stereocenters. The predicted molar refractivity (Wildman–Crippen MR) is 136 cm³/mol. The normalized spacial score (nSPS) is 16.2. The fourth-order valence-electron chi connectivity index (χ4n) is 4.59. The second-order valence-corrected chi connectivity index (χ2v) is 8.14. The second kappa shape index (κ2) is 10.8. The van der Waals surface area contributed by atoms with Crippen molar-refractivity contribution in [3.05, 3.63) is 59.2 Å². The van der Waals surface area contributed by atoms with Gasteiger partial charge in [0.25, 0.3) is 0 Å². The Hall–Kier alpha value is -4.27. The Labute approximate surface area is 215 Å². The molecule has 1 heterocycles. The number of rotatable bonds is 9. The molecule has 0 saturated heterocycles. The third kappa shape index (κ3) is 4.52. The van der Waals surface area contributed by atoms with Crippen LogP contribution in [-0.2, 0) is 0 Å². The van der Waals surface area contributed by atoms with E-state index in [-0.39, 0.29) is 5.78 Å². The lowest BCUT2D eigenvalue weighted by Gasteiger charge is -2.35. The molecular formula is C28H30O9. The lowest BCUT2D eigenvalue weighted by Crippen LogP contribution is -2.31.